The van der Waals surface area contributed by atoms with Gasteiger partial charge in [-0.15, -0.1) is 0 Å². The highest BCUT2D eigenvalue weighted by atomic mass is 16.2. The molecule has 1 aromatic carbocycles. The molecule has 140 valence electrons. The van der Waals surface area contributed by atoms with Crippen LogP contribution in [0.25, 0.3) is 11.3 Å². The molecule has 0 aliphatic carbocycles. The van der Waals surface area contributed by atoms with Gasteiger partial charge >= 0.3 is 5.69 Å². The topological polar surface area (TPSA) is 118 Å². The lowest BCUT2D eigenvalue weighted by molar-refractivity contribution is 0.0954. The number of aromatic amines is 1. The van der Waals surface area contributed by atoms with E-state index in [0.717, 1.165) is 17.0 Å². The monoisotopic (exact) mass is 367 g/mol. The SMILES string of the molecule is CNc1nc(C)cc(-c2ccc(C(=O)NCCc3n[nH]c(=O)n3C)cc2)n1. The lowest BCUT2D eigenvalue weighted by Gasteiger charge is -2.08. The van der Waals surface area contributed by atoms with Crippen LogP contribution >= 0.6 is 0 Å². The standard InChI is InChI=1S/C18H21N7O2/c1-11-10-14(22-17(19-2)21-11)12-4-6-13(7-5-12)16(26)20-9-8-15-23-24-18(27)25(15)3/h4-7,10H,8-9H2,1-3H3,(H,20,26)(H,24,27)(H,19,21,22). The summed E-state index contributed by atoms with van der Waals surface area (Å²) in [7, 11) is 3.41. The Morgan fingerprint density at radius 3 is 2.59 bits per heavy atom. The molecule has 0 bridgehead atoms. The summed E-state index contributed by atoms with van der Waals surface area (Å²) in [5.41, 5.74) is 2.83. The summed E-state index contributed by atoms with van der Waals surface area (Å²) < 4.78 is 1.42. The first-order valence-corrected chi connectivity index (χ1v) is 8.50. The van der Waals surface area contributed by atoms with Crippen molar-refractivity contribution in [1.82, 2.24) is 30.0 Å². The van der Waals surface area contributed by atoms with Crippen LogP contribution in [0.1, 0.15) is 21.9 Å². The Morgan fingerprint density at radius 1 is 1.22 bits per heavy atom. The van der Waals surface area contributed by atoms with E-state index in [4.69, 9.17) is 0 Å². The highest BCUT2D eigenvalue weighted by Gasteiger charge is 2.09. The van der Waals surface area contributed by atoms with Gasteiger partial charge in [-0.25, -0.2) is 19.9 Å². The van der Waals surface area contributed by atoms with Crippen molar-refractivity contribution in [3.63, 3.8) is 0 Å². The fourth-order valence-corrected chi connectivity index (χ4v) is 2.61. The van der Waals surface area contributed by atoms with E-state index in [-0.39, 0.29) is 11.6 Å². The van der Waals surface area contributed by atoms with Gasteiger partial charge in [-0.05, 0) is 25.1 Å². The summed E-state index contributed by atoms with van der Waals surface area (Å²) in [6, 6.07) is 9.11. The molecular formula is C18H21N7O2. The molecule has 0 aliphatic heterocycles. The van der Waals surface area contributed by atoms with Gasteiger partial charge < -0.3 is 10.6 Å². The van der Waals surface area contributed by atoms with E-state index < -0.39 is 0 Å². The number of carbonyl (C=O) groups is 1. The number of anilines is 1. The van der Waals surface area contributed by atoms with E-state index >= 15 is 0 Å². The number of hydrogen-bond acceptors (Lipinski definition) is 6. The number of rotatable bonds is 6. The van der Waals surface area contributed by atoms with Gasteiger partial charge in [0.05, 0.1) is 5.69 Å². The quantitative estimate of drug-likeness (QED) is 0.595. The molecule has 0 aliphatic rings. The fourth-order valence-electron chi connectivity index (χ4n) is 2.61. The Bertz CT molecular complexity index is 1010. The Morgan fingerprint density at radius 2 is 1.96 bits per heavy atom. The molecule has 27 heavy (non-hydrogen) atoms. The minimum atomic E-state index is -0.270. The fraction of sp³-hybridized carbons (Fsp3) is 0.278. The van der Waals surface area contributed by atoms with E-state index in [9.17, 15) is 9.59 Å². The zero-order valence-electron chi connectivity index (χ0n) is 15.4. The maximum absolute atomic E-state index is 12.3. The number of amides is 1. The number of hydrogen-bond donors (Lipinski definition) is 3. The van der Waals surface area contributed by atoms with Crippen molar-refractivity contribution in [1.29, 1.82) is 0 Å². The summed E-state index contributed by atoms with van der Waals surface area (Å²) in [5, 5.41) is 12.0. The van der Waals surface area contributed by atoms with E-state index in [1.807, 2.05) is 25.1 Å². The van der Waals surface area contributed by atoms with E-state index in [2.05, 4.69) is 30.8 Å². The summed E-state index contributed by atoms with van der Waals surface area (Å²) >= 11 is 0. The van der Waals surface area contributed by atoms with E-state index in [0.29, 0.717) is 30.3 Å². The predicted molar refractivity (Wildman–Crippen MR) is 102 cm³/mol. The van der Waals surface area contributed by atoms with Crippen LogP contribution in [-0.4, -0.2) is 44.2 Å². The third kappa shape index (κ3) is 4.20. The molecule has 0 fully saturated rings. The summed E-state index contributed by atoms with van der Waals surface area (Å²) in [6.45, 7) is 2.29. The van der Waals surface area contributed by atoms with Gasteiger partial charge in [0.15, 0.2) is 0 Å². The van der Waals surface area contributed by atoms with Crippen LogP contribution in [0.15, 0.2) is 35.1 Å². The molecule has 0 unspecified atom stereocenters. The lowest BCUT2D eigenvalue weighted by Crippen LogP contribution is -2.26. The van der Waals surface area contributed by atoms with Gasteiger partial charge in [-0.1, -0.05) is 12.1 Å². The Labute approximate surface area is 155 Å². The molecule has 9 heteroatoms. The highest BCUT2D eigenvalue weighted by Crippen LogP contribution is 2.19. The number of carbonyl (C=O) groups excluding carboxylic acids is 1. The number of aryl methyl sites for hydroxylation is 1. The molecule has 3 N–H and O–H groups in total. The number of H-pyrrole nitrogens is 1. The summed E-state index contributed by atoms with van der Waals surface area (Å²) in [6.07, 6.45) is 0.464. The maximum atomic E-state index is 12.3. The molecular weight excluding hydrogens is 346 g/mol. The van der Waals surface area contributed by atoms with Crippen LogP contribution in [0.5, 0.6) is 0 Å². The summed E-state index contributed by atoms with van der Waals surface area (Å²) in [4.78, 5) is 32.3. The Balaban J connectivity index is 1.64. The average molecular weight is 367 g/mol. The molecule has 0 spiro atoms. The van der Waals surface area contributed by atoms with Gasteiger partial charge in [0.1, 0.15) is 5.82 Å². The minimum absolute atomic E-state index is 0.183. The van der Waals surface area contributed by atoms with Gasteiger partial charge in [0.2, 0.25) is 5.95 Å². The van der Waals surface area contributed by atoms with Crippen molar-refractivity contribution < 1.29 is 4.79 Å². The van der Waals surface area contributed by atoms with Crippen molar-refractivity contribution >= 4 is 11.9 Å². The predicted octanol–water partition coefficient (Wildman–Crippen LogP) is 0.888. The highest BCUT2D eigenvalue weighted by molar-refractivity contribution is 5.94. The molecule has 1 amide bonds. The van der Waals surface area contributed by atoms with Crippen LogP contribution in [0.4, 0.5) is 5.95 Å². The number of benzene rings is 1. The van der Waals surface area contributed by atoms with Gasteiger partial charge in [0.25, 0.3) is 5.91 Å². The van der Waals surface area contributed by atoms with Crippen LogP contribution < -0.4 is 16.3 Å². The molecule has 3 rings (SSSR count). The molecule has 0 saturated carbocycles. The van der Waals surface area contributed by atoms with Gasteiger partial charge in [0, 0.05) is 43.9 Å². The first kappa shape index (κ1) is 18.3. The first-order valence-electron chi connectivity index (χ1n) is 8.50. The van der Waals surface area contributed by atoms with Crippen LogP contribution in [0.3, 0.4) is 0 Å². The smallest absolute Gasteiger partial charge is 0.343 e. The Kier molecular flexibility index (Phi) is 5.30. The largest absolute Gasteiger partial charge is 0.357 e. The van der Waals surface area contributed by atoms with Crippen molar-refractivity contribution in [3.8, 4) is 11.3 Å². The third-order valence-corrected chi connectivity index (χ3v) is 4.13. The van der Waals surface area contributed by atoms with E-state index in [1.54, 1.807) is 26.2 Å². The zero-order valence-corrected chi connectivity index (χ0v) is 15.4. The number of nitrogens with one attached hydrogen (secondary N) is 3. The Hall–Kier alpha value is -3.49. The molecule has 2 aromatic heterocycles. The van der Waals surface area contributed by atoms with Crippen LogP contribution in [-0.2, 0) is 13.5 Å². The average Bonchev–Trinajstić information content (AvgIpc) is 2.99. The first-order chi connectivity index (χ1) is 13.0. The second-order valence-electron chi connectivity index (χ2n) is 6.06. The van der Waals surface area contributed by atoms with Crippen molar-refractivity contribution in [3.05, 3.63) is 57.9 Å². The van der Waals surface area contributed by atoms with Crippen molar-refractivity contribution in [2.24, 2.45) is 7.05 Å². The van der Waals surface area contributed by atoms with Crippen molar-refractivity contribution in [2.45, 2.75) is 13.3 Å². The van der Waals surface area contributed by atoms with Gasteiger partial charge in [-0.3, -0.25) is 9.36 Å². The zero-order chi connectivity index (χ0) is 19.4. The molecule has 0 atom stereocenters. The second kappa shape index (κ2) is 7.81. The molecule has 9 nitrogen and oxygen atoms in total. The second-order valence-corrected chi connectivity index (χ2v) is 6.06. The van der Waals surface area contributed by atoms with Gasteiger partial charge in [-0.2, -0.15) is 5.10 Å². The number of aromatic nitrogens is 5. The molecule has 3 aromatic rings. The number of nitrogens with zero attached hydrogens (tertiary/aromatic N) is 4. The van der Waals surface area contributed by atoms with Crippen molar-refractivity contribution in [2.75, 3.05) is 18.9 Å². The molecule has 0 saturated heterocycles. The normalized spacial score (nSPS) is 10.6. The maximum Gasteiger partial charge on any atom is 0.343 e. The molecule has 0 radical (unpaired) electrons. The molecule has 2 heterocycles. The lowest BCUT2D eigenvalue weighted by atomic mass is 10.1. The minimum Gasteiger partial charge on any atom is -0.357 e. The third-order valence-electron chi connectivity index (χ3n) is 4.13. The van der Waals surface area contributed by atoms with E-state index in [1.165, 1.54) is 4.57 Å². The van der Waals surface area contributed by atoms with Crippen LogP contribution in [0.2, 0.25) is 0 Å². The summed E-state index contributed by atoms with van der Waals surface area (Å²) in [5.74, 6) is 0.964. The van der Waals surface area contributed by atoms with Crippen LogP contribution in [0, 0.1) is 6.92 Å².